The van der Waals surface area contributed by atoms with E-state index >= 15 is 0 Å². The van der Waals surface area contributed by atoms with Crippen molar-refractivity contribution in [3.63, 3.8) is 0 Å². The number of nitrogen functional groups attached to an aromatic ring is 1. The monoisotopic (exact) mass is 191 g/mol. The summed E-state index contributed by atoms with van der Waals surface area (Å²) in [6.45, 7) is 0. The van der Waals surface area contributed by atoms with E-state index in [1.165, 1.54) is 12.4 Å². The molecule has 0 aromatic heterocycles. The van der Waals surface area contributed by atoms with Gasteiger partial charge in [0.1, 0.15) is 5.75 Å². The Balaban J connectivity index is 3.26. The van der Waals surface area contributed by atoms with Crippen molar-refractivity contribution < 1.29 is 4.74 Å². The van der Waals surface area contributed by atoms with Crippen molar-refractivity contribution in [2.24, 2.45) is 5.73 Å². The first-order chi connectivity index (χ1) is 6.72. The molecule has 0 radical (unpaired) electrons. The second kappa shape index (κ2) is 4.32. The lowest BCUT2D eigenvalue weighted by Gasteiger charge is -2.08. The summed E-state index contributed by atoms with van der Waals surface area (Å²) >= 11 is 0. The van der Waals surface area contributed by atoms with Gasteiger partial charge in [-0.2, -0.15) is 0 Å². The Labute approximate surface area is 82.7 Å². The molecule has 0 fully saturated rings. The Kier molecular flexibility index (Phi) is 3.12. The molecule has 0 amide bonds. The van der Waals surface area contributed by atoms with Crippen LogP contribution in [0.5, 0.6) is 5.75 Å². The number of ether oxygens (including phenoxy) is 1. The fourth-order valence-electron chi connectivity index (χ4n) is 1.16. The lowest BCUT2D eigenvalue weighted by molar-refractivity contribution is 0.414. The second-order valence-electron chi connectivity index (χ2n) is 2.73. The van der Waals surface area contributed by atoms with E-state index in [-0.39, 0.29) is 0 Å². The Morgan fingerprint density at radius 2 is 2.21 bits per heavy atom. The minimum atomic E-state index is 0.599. The van der Waals surface area contributed by atoms with E-state index < -0.39 is 0 Å². The molecule has 0 atom stereocenters. The number of anilines is 1. The molecule has 5 N–H and O–H groups in total. The standard InChI is InChI=1S/C10H13N3O/c1-14-10-4-8(13)2-3-9(10)7(5-11)6-12/h2-6,11H,12-13H2,1H3/b7-6+,11-5?. The van der Waals surface area contributed by atoms with Crippen molar-refractivity contribution >= 4 is 17.5 Å². The van der Waals surface area contributed by atoms with Crippen LogP contribution in [0.1, 0.15) is 5.56 Å². The van der Waals surface area contributed by atoms with Crippen LogP contribution in [0.15, 0.2) is 24.4 Å². The van der Waals surface area contributed by atoms with Crippen LogP contribution in [-0.2, 0) is 0 Å². The van der Waals surface area contributed by atoms with Crippen LogP contribution in [0, 0.1) is 5.41 Å². The van der Waals surface area contributed by atoms with Crippen LogP contribution in [-0.4, -0.2) is 13.3 Å². The van der Waals surface area contributed by atoms with E-state index in [0.717, 1.165) is 5.56 Å². The summed E-state index contributed by atoms with van der Waals surface area (Å²) in [7, 11) is 1.55. The van der Waals surface area contributed by atoms with Gasteiger partial charge in [-0.15, -0.1) is 0 Å². The molecule has 4 nitrogen and oxygen atoms in total. The Morgan fingerprint density at radius 1 is 1.50 bits per heavy atom. The highest BCUT2D eigenvalue weighted by molar-refractivity contribution is 6.09. The smallest absolute Gasteiger partial charge is 0.128 e. The minimum absolute atomic E-state index is 0.599. The van der Waals surface area contributed by atoms with Crippen LogP contribution < -0.4 is 16.2 Å². The van der Waals surface area contributed by atoms with Gasteiger partial charge in [-0.25, -0.2) is 0 Å². The van der Waals surface area contributed by atoms with Gasteiger partial charge in [0.25, 0.3) is 0 Å². The lowest BCUT2D eigenvalue weighted by Crippen LogP contribution is -1.96. The molecule has 14 heavy (non-hydrogen) atoms. The van der Waals surface area contributed by atoms with Gasteiger partial charge < -0.3 is 21.6 Å². The SMILES string of the molecule is COc1cc(N)ccc1/C(C=N)=C/N. The molecule has 0 saturated heterocycles. The zero-order valence-corrected chi connectivity index (χ0v) is 7.95. The maximum atomic E-state index is 7.16. The quantitative estimate of drug-likeness (QED) is 0.496. The Bertz CT molecular complexity index is 372. The minimum Gasteiger partial charge on any atom is -0.496 e. The third-order valence-corrected chi connectivity index (χ3v) is 1.87. The number of benzene rings is 1. The zero-order chi connectivity index (χ0) is 10.6. The summed E-state index contributed by atoms with van der Waals surface area (Å²) in [5.41, 5.74) is 13.0. The van der Waals surface area contributed by atoms with Gasteiger partial charge in [-0.3, -0.25) is 0 Å². The number of hydrogen-bond acceptors (Lipinski definition) is 4. The average Bonchev–Trinajstić information content (AvgIpc) is 2.21. The van der Waals surface area contributed by atoms with Gasteiger partial charge in [-0.1, -0.05) is 0 Å². The molecule has 0 aliphatic heterocycles. The molecule has 0 aliphatic carbocycles. The van der Waals surface area contributed by atoms with E-state index in [4.69, 9.17) is 21.6 Å². The zero-order valence-electron chi connectivity index (χ0n) is 7.95. The van der Waals surface area contributed by atoms with Crippen molar-refractivity contribution in [1.82, 2.24) is 0 Å². The van der Waals surface area contributed by atoms with E-state index in [1.54, 1.807) is 25.3 Å². The Morgan fingerprint density at radius 3 is 2.71 bits per heavy atom. The fourth-order valence-corrected chi connectivity index (χ4v) is 1.16. The van der Waals surface area contributed by atoms with Crippen LogP contribution in [0.25, 0.3) is 5.57 Å². The first kappa shape index (κ1) is 10.1. The largest absolute Gasteiger partial charge is 0.496 e. The van der Waals surface area contributed by atoms with Crippen LogP contribution in [0.4, 0.5) is 5.69 Å². The molecule has 1 rings (SSSR count). The summed E-state index contributed by atoms with van der Waals surface area (Å²) in [6, 6.07) is 5.21. The molecule has 74 valence electrons. The maximum Gasteiger partial charge on any atom is 0.128 e. The highest BCUT2D eigenvalue weighted by Gasteiger charge is 2.06. The topological polar surface area (TPSA) is 85.1 Å². The van der Waals surface area contributed by atoms with Gasteiger partial charge in [-0.05, 0) is 12.1 Å². The molecule has 0 heterocycles. The third-order valence-electron chi connectivity index (χ3n) is 1.87. The molecule has 0 bridgehead atoms. The number of hydrogen-bond donors (Lipinski definition) is 3. The molecule has 0 saturated carbocycles. The van der Waals surface area contributed by atoms with Gasteiger partial charge in [0, 0.05) is 35.3 Å². The molecule has 0 aliphatic rings. The van der Waals surface area contributed by atoms with Crippen molar-refractivity contribution in [3.8, 4) is 5.75 Å². The first-order valence-electron chi connectivity index (χ1n) is 4.09. The lowest BCUT2D eigenvalue weighted by atomic mass is 10.1. The number of nitrogens with two attached hydrogens (primary N) is 2. The highest BCUT2D eigenvalue weighted by Crippen LogP contribution is 2.26. The van der Waals surface area contributed by atoms with Gasteiger partial charge in [0.2, 0.25) is 0 Å². The van der Waals surface area contributed by atoms with Gasteiger partial charge in [0.05, 0.1) is 7.11 Å². The molecule has 4 heteroatoms. The fraction of sp³-hybridized carbons (Fsp3) is 0.100. The molecular formula is C10H13N3O. The number of nitrogens with one attached hydrogen (secondary N) is 1. The molecular weight excluding hydrogens is 178 g/mol. The summed E-state index contributed by atoms with van der Waals surface area (Å²) < 4.78 is 5.13. The van der Waals surface area contributed by atoms with Crippen molar-refractivity contribution in [2.45, 2.75) is 0 Å². The Hall–Kier alpha value is -1.97. The van der Waals surface area contributed by atoms with E-state index in [9.17, 15) is 0 Å². The van der Waals surface area contributed by atoms with Crippen LogP contribution in [0.3, 0.4) is 0 Å². The van der Waals surface area contributed by atoms with Crippen molar-refractivity contribution in [2.75, 3.05) is 12.8 Å². The van der Waals surface area contributed by atoms with Crippen molar-refractivity contribution in [3.05, 3.63) is 30.0 Å². The number of methoxy groups -OCH3 is 1. The maximum absolute atomic E-state index is 7.16. The van der Waals surface area contributed by atoms with Crippen LogP contribution in [0.2, 0.25) is 0 Å². The average molecular weight is 191 g/mol. The van der Waals surface area contributed by atoms with Crippen LogP contribution >= 0.6 is 0 Å². The predicted octanol–water partition coefficient (Wildman–Crippen LogP) is 1.23. The normalized spacial score (nSPS) is 11.1. The molecule has 1 aromatic carbocycles. The summed E-state index contributed by atoms with van der Waals surface area (Å²) in [5.74, 6) is 0.616. The molecule has 0 unspecified atom stereocenters. The van der Waals surface area contributed by atoms with E-state index in [1.807, 2.05) is 0 Å². The van der Waals surface area contributed by atoms with Gasteiger partial charge >= 0.3 is 0 Å². The summed E-state index contributed by atoms with van der Waals surface area (Å²) in [6.07, 6.45) is 2.54. The van der Waals surface area contributed by atoms with E-state index in [2.05, 4.69) is 0 Å². The van der Waals surface area contributed by atoms with Gasteiger partial charge in [0.15, 0.2) is 0 Å². The number of allylic oxidation sites excluding steroid dienone is 1. The second-order valence-corrected chi connectivity index (χ2v) is 2.73. The first-order valence-corrected chi connectivity index (χ1v) is 4.09. The third kappa shape index (κ3) is 1.85. The predicted molar refractivity (Wildman–Crippen MR) is 58.4 cm³/mol. The molecule has 0 spiro atoms. The van der Waals surface area contributed by atoms with Crippen molar-refractivity contribution in [1.29, 1.82) is 5.41 Å². The number of rotatable bonds is 3. The molecule has 1 aromatic rings. The summed E-state index contributed by atoms with van der Waals surface area (Å²) in [4.78, 5) is 0. The highest BCUT2D eigenvalue weighted by atomic mass is 16.5. The summed E-state index contributed by atoms with van der Waals surface area (Å²) in [5, 5.41) is 7.16. The van der Waals surface area contributed by atoms with E-state index in [0.29, 0.717) is 17.0 Å².